The fourth-order valence-electron chi connectivity index (χ4n) is 4.39. The van der Waals surface area contributed by atoms with Gasteiger partial charge in [-0.15, -0.1) is 0 Å². The van der Waals surface area contributed by atoms with Crippen molar-refractivity contribution in [3.8, 4) is 11.4 Å². The minimum absolute atomic E-state index is 0.0890. The van der Waals surface area contributed by atoms with E-state index >= 15 is 0 Å². The molecular formula is C21H26N6O2. The zero-order valence-electron chi connectivity index (χ0n) is 17.1. The predicted molar refractivity (Wildman–Crippen MR) is 112 cm³/mol. The van der Waals surface area contributed by atoms with Gasteiger partial charge < -0.3 is 15.1 Å². The molecule has 2 aromatic rings. The van der Waals surface area contributed by atoms with Crippen molar-refractivity contribution < 1.29 is 9.59 Å². The first-order valence-electron chi connectivity index (χ1n) is 10.2. The van der Waals surface area contributed by atoms with Crippen molar-refractivity contribution in [3.05, 3.63) is 24.7 Å². The zero-order valence-corrected chi connectivity index (χ0v) is 17.1. The molecule has 8 nitrogen and oxygen atoms in total. The summed E-state index contributed by atoms with van der Waals surface area (Å²) in [6.45, 7) is 3.50. The predicted octanol–water partition coefficient (Wildman–Crippen LogP) is 3.00. The van der Waals surface area contributed by atoms with E-state index in [1.165, 1.54) is 19.8 Å². The Labute approximate surface area is 170 Å². The highest BCUT2D eigenvalue weighted by Gasteiger charge is 2.41. The number of aromatic nitrogens is 3. The zero-order chi connectivity index (χ0) is 20.5. The number of carbonyl (C=O) groups excluding carboxylic acids is 2. The molecule has 4 rings (SSSR count). The Morgan fingerprint density at radius 2 is 2.03 bits per heavy atom. The quantitative estimate of drug-likeness (QED) is 0.857. The summed E-state index contributed by atoms with van der Waals surface area (Å²) in [6.07, 6.45) is 10.2. The number of likely N-dealkylation sites (N-methyl/N-ethyl adjacent to an activating group) is 1. The van der Waals surface area contributed by atoms with Crippen LogP contribution in [0.1, 0.15) is 46.0 Å². The van der Waals surface area contributed by atoms with Gasteiger partial charge in [0.25, 0.3) is 0 Å². The Hall–Kier alpha value is -3.03. The first kappa shape index (κ1) is 19.3. The van der Waals surface area contributed by atoms with E-state index in [-0.39, 0.29) is 17.9 Å². The van der Waals surface area contributed by atoms with Crippen LogP contribution in [0.25, 0.3) is 11.4 Å². The maximum absolute atomic E-state index is 13.0. The maximum atomic E-state index is 13.0. The molecule has 2 aliphatic rings. The molecule has 0 aromatic carbocycles. The second kappa shape index (κ2) is 7.77. The van der Waals surface area contributed by atoms with Crippen LogP contribution < -0.4 is 15.1 Å². The van der Waals surface area contributed by atoms with Crippen LogP contribution in [-0.2, 0) is 9.59 Å². The van der Waals surface area contributed by atoms with Crippen LogP contribution in [0.3, 0.4) is 0 Å². The lowest BCUT2D eigenvalue weighted by atomic mass is 10.0. The van der Waals surface area contributed by atoms with Crippen molar-refractivity contribution in [3.63, 3.8) is 0 Å². The number of pyridine rings is 1. The number of fused-ring (bicyclic) bond motifs is 1. The van der Waals surface area contributed by atoms with Crippen molar-refractivity contribution in [2.24, 2.45) is 0 Å². The van der Waals surface area contributed by atoms with Crippen LogP contribution in [0, 0.1) is 0 Å². The summed E-state index contributed by atoms with van der Waals surface area (Å²) in [7, 11) is 1.79. The lowest BCUT2D eigenvalue weighted by molar-refractivity contribution is -0.120. The van der Waals surface area contributed by atoms with Crippen LogP contribution >= 0.6 is 0 Å². The van der Waals surface area contributed by atoms with Gasteiger partial charge in [0.05, 0.1) is 18.1 Å². The summed E-state index contributed by atoms with van der Waals surface area (Å²) in [5.74, 6) is 1.21. The number of hydrogen-bond acceptors (Lipinski definition) is 6. The van der Waals surface area contributed by atoms with E-state index in [4.69, 9.17) is 4.98 Å². The normalized spacial score (nSPS) is 19.4. The fourth-order valence-corrected chi connectivity index (χ4v) is 4.39. The molecule has 1 saturated carbocycles. The van der Waals surface area contributed by atoms with Crippen LogP contribution in [0.15, 0.2) is 24.7 Å². The van der Waals surface area contributed by atoms with E-state index in [0.29, 0.717) is 23.1 Å². The van der Waals surface area contributed by atoms with Crippen molar-refractivity contribution >= 4 is 29.0 Å². The Balaban J connectivity index is 1.84. The van der Waals surface area contributed by atoms with Gasteiger partial charge in [-0.3, -0.25) is 14.6 Å². The molecule has 29 heavy (non-hydrogen) atoms. The van der Waals surface area contributed by atoms with Gasteiger partial charge in [0.15, 0.2) is 11.6 Å². The SMILES string of the molecule is CCC1C(=O)N(C)c2cnc(-c3ccncc3NC(C)=O)nc2N1C1CCCC1. The molecule has 8 heteroatoms. The van der Waals surface area contributed by atoms with Gasteiger partial charge in [0.1, 0.15) is 11.7 Å². The molecule has 1 N–H and O–H groups in total. The number of hydrogen-bond donors (Lipinski definition) is 1. The van der Waals surface area contributed by atoms with E-state index in [0.717, 1.165) is 30.8 Å². The van der Waals surface area contributed by atoms with E-state index < -0.39 is 0 Å². The molecule has 2 aromatic heterocycles. The molecule has 152 valence electrons. The van der Waals surface area contributed by atoms with Crippen LogP contribution in [-0.4, -0.2) is 45.9 Å². The van der Waals surface area contributed by atoms with Gasteiger partial charge in [-0.05, 0) is 25.3 Å². The highest BCUT2D eigenvalue weighted by molar-refractivity contribution is 6.04. The number of carbonyl (C=O) groups is 2. The lowest BCUT2D eigenvalue weighted by Gasteiger charge is -2.43. The monoisotopic (exact) mass is 394 g/mol. The van der Waals surface area contributed by atoms with Crippen LogP contribution in [0.2, 0.25) is 0 Å². The average molecular weight is 394 g/mol. The summed E-state index contributed by atoms with van der Waals surface area (Å²) in [6, 6.07) is 1.89. The third-order valence-corrected chi connectivity index (χ3v) is 5.78. The molecule has 2 amide bonds. The fraction of sp³-hybridized carbons (Fsp3) is 0.476. The number of nitrogens with one attached hydrogen (secondary N) is 1. The van der Waals surface area contributed by atoms with Gasteiger partial charge in [-0.2, -0.15) is 0 Å². The summed E-state index contributed by atoms with van der Waals surface area (Å²) in [5, 5.41) is 2.79. The van der Waals surface area contributed by atoms with E-state index in [9.17, 15) is 9.59 Å². The standard InChI is InChI=1S/C21H26N6O2/c1-4-17-21(29)26(3)18-12-23-19(15-9-10-22-11-16(15)24-13(2)28)25-20(18)27(17)14-7-5-6-8-14/h9-12,14,17H,4-8H2,1-3H3,(H,24,28). The van der Waals surface area contributed by atoms with Crippen molar-refractivity contribution in [2.75, 3.05) is 22.2 Å². The first-order chi connectivity index (χ1) is 14.0. The van der Waals surface area contributed by atoms with Gasteiger partial charge in [0, 0.05) is 31.8 Å². The number of nitrogens with zero attached hydrogens (tertiary/aromatic N) is 5. The molecule has 1 unspecified atom stereocenters. The second-order valence-electron chi connectivity index (χ2n) is 7.67. The molecule has 0 bridgehead atoms. The largest absolute Gasteiger partial charge is 0.340 e. The Morgan fingerprint density at radius 1 is 1.28 bits per heavy atom. The van der Waals surface area contributed by atoms with E-state index in [1.807, 2.05) is 6.92 Å². The van der Waals surface area contributed by atoms with Crippen LogP contribution in [0.5, 0.6) is 0 Å². The molecule has 1 aliphatic heterocycles. The minimum atomic E-state index is -0.217. The molecular weight excluding hydrogens is 368 g/mol. The maximum Gasteiger partial charge on any atom is 0.249 e. The summed E-state index contributed by atoms with van der Waals surface area (Å²) in [4.78, 5) is 42.0. The Kier molecular flexibility index (Phi) is 5.17. The van der Waals surface area contributed by atoms with Crippen molar-refractivity contribution in [1.82, 2.24) is 15.0 Å². The Morgan fingerprint density at radius 3 is 2.72 bits per heavy atom. The Bertz CT molecular complexity index is 941. The third-order valence-electron chi connectivity index (χ3n) is 5.78. The highest BCUT2D eigenvalue weighted by Crippen LogP contribution is 2.40. The first-order valence-corrected chi connectivity index (χ1v) is 10.2. The highest BCUT2D eigenvalue weighted by atomic mass is 16.2. The summed E-state index contributed by atoms with van der Waals surface area (Å²) < 4.78 is 0. The average Bonchev–Trinajstić information content (AvgIpc) is 3.24. The van der Waals surface area contributed by atoms with Gasteiger partial charge in [-0.1, -0.05) is 19.8 Å². The molecule has 1 fully saturated rings. The number of amides is 2. The summed E-state index contributed by atoms with van der Waals surface area (Å²) in [5.41, 5.74) is 2.00. The lowest BCUT2D eigenvalue weighted by Crippen LogP contribution is -2.55. The summed E-state index contributed by atoms with van der Waals surface area (Å²) >= 11 is 0. The molecule has 3 heterocycles. The topological polar surface area (TPSA) is 91.3 Å². The van der Waals surface area contributed by atoms with E-state index in [2.05, 4.69) is 20.2 Å². The minimum Gasteiger partial charge on any atom is -0.340 e. The van der Waals surface area contributed by atoms with Gasteiger partial charge in [-0.25, -0.2) is 9.97 Å². The van der Waals surface area contributed by atoms with E-state index in [1.54, 1.807) is 36.6 Å². The van der Waals surface area contributed by atoms with Crippen molar-refractivity contribution in [2.45, 2.75) is 58.0 Å². The molecule has 1 aliphatic carbocycles. The van der Waals surface area contributed by atoms with Crippen LogP contribution in [0.4, 0.5) is 17.2 Å². The molecule has 0 saturated heterocycles. The van der Waals surface area contributed by atoms with Crippen molar-refractivity contribution in [1.29, 1.82) is 0 Å². The number of rotatable bonds is 4. The van der Waals surface area contributed by atoms with Gasteiger partial charge >= 0.3 is 0 Å². The third kappa shape index (κ3) is 3.43. The van der Waals surface area contributed by atoms with Gasteiger partial charge in [0.2, 0.25) is 11.8 Å². The second-order valence-corrected chi connectivity index (χ2v) is 7.67. The number of anilines is 3. The molecule has 1 atom stereocenters. The smallest absolute Gasteiger partial charge is 0.249 e. The molecule has 0 radical (unpaired) electrons. The molecule has 0 spiro atoms.